The van der Waals surface area contributed by atoms with E-state index < -0.39 is 11.9 Å². The Kier molecular flexibility index (Phi) is 4.99. The number of benzene rings is 1. The minimum absolute atomic E-state index is 0.347. The number of rotatable bonds is 4. The molecule has 1 aliphatic heterocycles. The van der Waals surface area contributed by atoms with Crippen molar-refractivity contribution in [3.05, 3.63) is 54.0 Å². The lowest BCUT2D eigenvalue weighted by atomic mass is 10.1. The summed E-state index contributed by atoms with van der Waals surface area (Å²) in [6.45, 7) is 3.93. The molecule has 0 saturated carbocycles. The van der Waals surface area contributed by atoms with Gasteiger partial charge in [-0.1, -0.05) is 30.3 Å². The minimum Gasteiger partial charge on any atom is -0.354 e. The van der Waals surface area contributed by atoms with Crippen LogP contribution in [0.25, 0.3) is 0 Å². The molecular weight excluding hydrogens is 317 g/mol. The molecule has 2 aromatic rings. The number of piperazine rings is 1. The molecule has 0 atom stereocenters. The number of nitrogens with zero attached hydrogens (tertiary/aromatic N) is 4. The maximum Gasteiger partial charge on any atom is 0.433 e. The van der Waals surface area contributed by atoms with Crippen molar-refractivity contribution >= 4 is 5.82 Å². The molecule has 2 heterocycles. The third-order valence-corrected chi connectivity index (χ3v) is 4.20. The van der Waals surface area contributed by atoms with E-state index in [2.05, 4.69) is 27.0 Å². The second-order valence-electron chi connectivity index (χ2n) is 5.82. The van der Waals surface area contributed by atoms with E-state index in [1.807, 2.05) is 23.1 Å². The molecule has 1 aromatic carbocycles. The van der Waals surface area contributed by atoms with Crippen LogP contribution >= 0.6 is 0 Å². The molecule has 0 aliphatic carbocycles. The van der Waals surface area contributed by atoms with Gasteiger partial charge in [0.2, 0.25) is 0 Å². The fraction of sp³-hybridized carbons (Fsp3) is 0.412. The molecule has 4 nitrogen and oxygen atoms in total. The Hall–Kier alpha value is -2.15. The molecule has 0 N–H and O–H groups in total. The van der Waals surface area contributed by atoms with Gasteiger partial charge in [-0.25, -0.2) is 9.97 Å². The highest BCUT2D eigenvalue weighted by Crippen LogP contribution is 2.29. The van der Waals surface area contributed by atoms with Crippen LogP contribution in [0.4, 0.5) is 19.0 Å². The third-order valence-electron chi connectivity index (χ3n) is 4.20. The van der Waals surface area contributed by atoms with Crippen molar-refractivity contribution in [1.29, 1.82) is 0 Å². The number of hydrogen-bond donors (Lipinski definition) is 0. The van der Waals surface area contributed by atoms with Gasteiger partial charge in [0.25, 0.3) is 0 Å². The Labute approximate surface area is 138 Å². The molecule has 0 spiro atoms. The van der Waals surface area contributed by atoms with E-state index in [4.69, 9.17) is 0 Å². The normalized spacial score (nSPS) is 16.4. The molecule has 1 saturated heterocycles. The molecule has 128 valence electrons. The van der Waals surface area contributed by atoms with Gasteiger partial charge in [0, 0.05) is 38.8 Å². The summed E-state index contributed by atoms with van der Waals surface area (Å²) >= 11 is 0. The average Bonchev–Trinajstić information content (AvgIpc) is 2.61. The van der Waals surface area contributed by atoms with Crippen molar-refractivity contribution in [3.63, 3.8) is 0 Å². The second kappa shape index (κ2) is 7.17. The molecule has 0 unspecified atom stereocenters. The molecule has 0 bridgehead atoms. The zero-order valence-corrected chi connectivity index (χ0v) is 13.2. The highest BCUT2D eigenvalue weighted by molar-refractivity contribution is 5.40. The molecular formula is C17H19F3N4. The van der Waals surface area contributed by atoms with Crippen molar-refractivity contribution in [3.8, 4) is 0 Å². The van der Waals surface area contributed by atoms with Crippen LogP contribution in [0.5, 0.6) is 0 Å². The van der Waals surface area contributed by atoms with Gasteiger partial charge in [0.05, 0.1) is 0 Å². The first-order valence-corrected chi connectivity index (χ1v) is 7.93. The van der Waals surface area contributed by atoms with Gasteiger partial charge >= 0.3 is 6.18 Å². The van der Waals surface area contributed by atoms with Crippen LogP contribution in [-0.2, 0) is 12.6 Å². The van der Waals surface area contributed by atoms with Gasteiger partial charge in [-0.05, 0) is 12.0 Å². The molecule has 0 radical (unpaired) electrons. The Bertz CT molecular complexity index is 652. The van der Waals surface area contributed by atoms with Crippen LogP contribution in [0, 0.1) is 0 Å². The van der Waals surface area contributed by atoms with Gasteiger partial charge in [0.1, 0.15) is 17.8 Å². The fourth-order valence-electron chi connectivity index (χ4n) is 2.81. The Morgan fingerprint density at radius 1 is 0.958 bits per heavy atom. The number of hydrogen-bond acceptors (Lipinski definition) is 4. The molecule has 7 heteroatoms. The molecule has 24 heavy (non-hydrogen) atoms. The van der Waals surface area contributed by atoms with E-state index in [0.29, 0.717) is 18.9 Å². The third kappa shape index (κ3) is 4.23. The van der Waals surface area contributed by atoms with Crippen molar-refractivity contribution in [2.45, 2.75) is 12.6 Å². The monoisotopic (exact) mass is 336 g/mol. The summed E-state index contributed by atoms with van der Waals surface area (Å²) in [6, 6.07) is 11.3. The summed E-state index contributed by atoms with van der Waals surface area (Å²) in [5, 5.41) is 0. The first kappa shape index (κ1) is 16.7. The number of anilines is 1. The number of halogens is 3. The topological polar surface area (TPSA) is 32.3 Å². The van der Waals surface area contributed by atoms with Crippen LogP contribution in [0.15, 0.2) is 42.7 Å². The molecule has 1 fully saturated rings. The average molecular weight is 336 g/mol. The summed E-state index contributed by atoms with van der Waals surface area (Å²) in [5.41, 5.74) is 0.407. The lowest BCUT2D eigenvalue weighted by Gasteiger charge is -2.35. The number of alkyl halides is 3. The van der Waals surface area contributed by atoms with Crippen LogP contribution < -0.4 is 4.90 Å². The Balaban J connectivity index is 1.53. The summed E-state index contributed by atoms with van der Waals surface area (Å²) in [4.78, 5) is 11.5. The highest BCUT2D eigenvalue weighted by atomic mass is 19.4. The zero-order valence-electron chi connectivity index (χ0n) is 13.2. The largest absolute Gasteiger partial charge is 0.433 e. The summed E-state index contributed by atoms with van der Waals surface area (Å²) in [7, 11) is 0. The van der Waals surface area contributed by atoms with Crippen LogP contribution in [0.1, 0.15) is 11.3 Å². The maximum absolute atomic E-state index is 12.7. The molecule has 0 amide bonds. The summed E-state index contributed by atoms with van der Waals surface area (Å²) in [5.74, 6) is 0.347. The smallest absolute Gasteiger partial charge is 0.354 e. The summed E-state index contributed by atoms with van der Waals surface area (Å²) in [6.07, 6.45) is -2.47. The van der Waals surface area contributed by atoms with E-state index in [-0.39, 0.29) is 0 Å². The van der Waals surface area contributed by atoms with Crippen LogP contribution in [0.2, 0.25) is 0 Å². The SMILES string of the molecule is FC(F)(F)c1cc(N2CCN(CCc3ccccc3)CC2)ncn1. The van der Waals surface area contributed by atoms with Crippen molar-refractivity contribution in [2.24, 2.45) is 0 Å². The predicted molar refractivity (Wildman–Crippen MR) is 85.8 cm³/mol. The highest BCUT2D eigenvalue weighted by Gasteiger charge is 2.33. The van der Waals surface area contributed by atoms with E-state index >= 15 is 0 Å². The van der Waals surface area contributed by atoms with Gasteiger partial charge in [-0.15, -0.1) is 0 Å². The van der Waals surface area contributed by atoms with E-state index in [9.17, 15) is 13.2 Å². The molecule has 1 aromatic heterocycles. The lowest BCUT2D eigenvalue weighted by Crippen LogP contribution is -2.47. The van der Waals surface area contributed by atoms with Crippen LogP contribution in [0.3, 0.4) is 0 Å². The maximum atomic E-state index is 12.7. The van der Waals surface area contributed by atoms with Gasteiger partial charge in [-0.3, -0.25) is 4.90 Å². The van der Waals surface area contributed by atoms with E-state index in [1.165, 1.54) is 5.56 Å². The standard InChI is InChI=1S/C17H19F3N4/c18-17(19,20)15-12-16(22-13-21-15)24-10-8-23(9-11-24)7-6-14-4-2-1-3-5-14/h1-5,12-13H,6-11H2. The first-order chi connectivity index (χ1) is 11.5. The van der Waals surface area contributed by atoms with Gasteiger partial charge in [0.15, 0.2) is 0 Å². The summed E-state index contributed by atoms with van der Waals surface area (Å²) < 4.78 is 38.2. The Morgan fingerprint density at radius 2 is 1.67 bits per heavy atom. The predicted octanol–water partition coefficient (Wildman–Crippen LogP) is 2.86. The van der Waals surface area contributed by atoms with E-state index in [0.717, 1.165) is 38.4 Å². The quantitative estimate of drug-likeness (QED) is 0.859. The van der Waals surface area contributed by atoms with Gasteiger partial charge in [-0.2, -0.15) is 13.2 Å². The van der Waals surface area contributed by atoms with Crippen molar-refractivity contribution < 1.29 is 13.2 Å². The zero-order chi connectivity index (χ0) is 17.0. The van der Waals surface area contributed by atoms with Crippen LogP contribution in [-0.4, -0.2) is 47.6 Å². The minimum atomic E-state index is -4.44. The Morgan fingerprint density at radius 3 is 2.33 bits per heavy atom. The van der Waals surface area contributed by atoms with Crippen molar-refractivity contribution in [1.82, 2.24) is 14.9 Å². The molecule has 3 rings (SSSR count). The van der Waals surface area contributed by atoms with E-state index in [1.54, 1.807) is 0 Å². The number of aromatic nitrogens is 2. The second-order valence-corrected chi connectivity index (χ2v) is 5.82. The fourth-order valence-corrected chi connectivity index (χ4v) is 2.81. The van der Waals surface area contributed by atoms with Gasteiger partial charge < -0.3 is 4.90 Å². The molecule has 1 aliphatic rings. The van der Waals surface area contributed by atoms with Crippen molar-refractivity contribution in [2.75, 3.05) is 37.6 Å². The first-order valence-electron chi connectivity index (χ1n) is 7.93. The lowest BCUT2D eigenvalue weighted by molar-refractivity contribution is -0.141.